The molecule has 1 atom stereocenters. The van der Waals surface area contributed by atoms with Gasteiger partial charge in [0.2, 0.25) is 0 Å². The van der Waals surface area contributed by atoms with Crippen LogP contribution in [0.1, 0.15) is 25.5 Å². The topological polar surface area (TPSA) is 92.5 Å². The lowest BCUT2D eigenvalue weighted by atomic mass is 9.81. The summed E-state index contributed by atoms with van der Waals surface area (Å²) in [6, 6.07) is 1.46. The lowest BCUT2D eigenvalue weighted by Gasteiger charge is -2.30. The maximum atomic E-state index is 13.2. The summed E-state index contributed by atoms with van der Waals surface area (Å²) in [7, 11) is 0. The quantitative estimate of drug-likeness (QED) is 0.461. The minimum atomic E-state index is -0.699. The van der Waals surface area contributed by atoms with Gasteiger partial charge in [-0.1, -0.05) is 13.8 Å². The number of aliphatic hydroxyl groups is 1. The molecule has 6 N–H and O–H groups in total. The number of nitrogens with two attached hydrogens (primary N) is 2. The maximum absolute atomic E-state index is 13.2. The minimum Gasteiger partial charge on any atom is -0.505 e. The van der Waals surface area contributed by atoms with Gasteiger partial charge in [0.1, 0.15) is 11.6 Å². The Bertz CT molecular complexity index is 394. The Morgan fingerprint density at radius 1 is 1.44 bits per heavy atom. The zero-order valence-electron chi connectivity index (χ0n) is 9.37. The molecule has 4 nitrogen and oxygen atoms in total. The molecule has 5 heteroatoms. The van der Waals surface area contributed by atoms with Gasteiger partial charge >= 0.3 is 0 Å². The van der Waals surface area contributed by atoms with Gasteiger partial charge in [-0.3, -0.25) is 0 Å². The fourth-order valence-corrected chi connectivity index (χ4v) is 1.40. The predicted octanol–water partition coefficient (Wildman–Crippen LogP) is 1.13. The smallest absolute Gasteiger partial charge is 0.143 e. The Labute approximate surface area is 93.7 Å². The molecule has 0 saturated carbocycles. The molecule has 0 bridgehead atoms. The number of phenols is 1. The van der Waals surface area contributed by atoms with Crippen LogP contribution in [0.25, 0.3) is 0 Å². The fourth-order valence-electron chi connectivity index (χ4n) is 1.40. The van der Waals surface area contributed by atoms with E-state index in [1.807, 2.05) is 0 Å². The minimum absolute atomic E-state index is 0.0563. The van der Waals surface area contributed by atoms with Crippen LogP contribution in [0.15, 0.2) is 12.1 Å². The van der Waals surface area contributed by atoms with E-state index in [2.05, 4.69) is 0 Å². The molecule has 0 aliphatic heterocycles. The maximum Gasteiger partial charge on any atom is 0.143 e. The molecule has 0 saturated heterocycles. The van der Waals surface area contributed by atoms with E-state index >= 15 is 0 Å². The van der Waals surface area contributed by atoms with Crippen molar-refractivity contribution in [2.75, 3.05) is 12.3 Å². The highest BCUT2D eigenvalue weighted by Gasteiger charge is 2.29. The van der Waals surface area contributed by atoms with Gasteiger partial charge in [-0.25, -0.2) is 4.39 Å². The van der Waals surface area contributed by atoms with Gasteiger partial charge < -0.3 is 21.7 Å². The molecule has 16 heavy (non-hydrogen) atoms. The summed E-state index contributed by atoms with van der Waals surface area (Å²) >= 11 is 0. The number of hydrogen-bond acceptors (Lipinski definition) is 4. The van der Waals surface area contributed by atoms with Crippen LogP contribution in [0.4, 0.5) is 10.1 Å². The molecule has 90 valence electrons. The lowest BCUT2D eigenvalue weighted by molar-refractivity contribution is 0.131. The van der Waals surface area contributed by atoms with Crippen molar-refractivity contribution in [2.45, 2.75) is 19.9 Å². The summed E-state index contributed by atoms with van der Waals surface area (Å²) in [5.41, 5.74) is 10.8. The van der Waals surface area contributed by atoms with Crippen LogP contribution >= 0.6 is 0 Å². The first-order chi connectivity index (χ1) is 7.29. The number of hydrogen-bond donors (Lipinski definition) is 4. The van der Waals surface area contributed by atoms with Gasteiger partial charge in [0, 0.05) is 29.7 Å². The van der Waals surface area contributed by atoms with Crippen LogP contribution in [0.2, 0.25) is 0 Å². The molecule has 0 spiro atoms. The molecule has 0 unspecified atom stereocenters. The Morgan fingerprint density at radius 3 is 2.50 bits per heavy atom. The average Bonchev–Trinajstić information content (AvgIpc) is 2.22. The van der Waals surface area contributed by atoms with E-state index in [-0.39, 0.29) is 23.6 Å². The van der Waals surface area contributed by atoms with Crippen LogP contribution in [-0.4, -0.2) is 16.8 Å². The monoisotopic (exact) mass is 228 g/mol. The van der Waals surface area contributed by atoms with Crippen molar-refractivity contribution in [1.82, 2.24) is 0 Å². The molecule has 0 aliphatic carbocycles. The van der Waals surface area contributed by atoms with Gasteiger partial charge in [0.15, 0.2) is 0 Å². The second kappa shape index (κ2) is 4.27. The summed E-state index contributed by atoms with van der Waals surface area (Å²) in [4.78, 5) is 0. The van der Waals surface area contributed by atoms with Gasteiger partial charge in [-0.05, 0) is 6.07 Å². The molecule has 0 aromatic heterocycles. The van der Waals surface area contributed by atoms with Crippen LogP contribution in [-0.2, 0) is 0 Å². The molecule has 0 fully saturated rings. The number of benzene rings is 1. The van der Waals surface area contributed by atoms with Crippen LogP contribution in [0.5, 0.6) is 5.75 Å². The molecule has 0 heterocycles. The van der Waals surface area contributed by atoms with Crippen molar-refractivity contribution in [3.05, 3.63) is 23.5 Å². The molecular weight excluding hydrogens is 211 g/mol. The third-order valence-corrected chi connectivity index (χ3v) is 2.72. The molecular formula is C11H17FN2O2. The fraction of sp³-hybridized carbons (Fsp3) is 0.455. The Balaban J connectivity index is 3.23. The van der Waals surface area contributed by atoms with Gasteiger partial charge in [0.05, 0.1) is 5.69 Å². The van der Waals surface area contributed by atoms with E-state index in [9.17, 15) is 9.50 Å². The average molecular weight is 228 g/mol. The van der Waals surface area contributed by atoms with Crippen molar-refractivity contribution < 1.29 is 14.6 Å². The van der Waals surface area contributed by atoms with Gasteiger partial charge in [0.25, 0.3) is 0 Å². The lowest BCUT2D eigenvalue weighted by Crippen LogP contribution is -2.32. The molecule has 1 rings (SSSR count). The first-order valence-electron chi connectivity index (χ1n) is 4.94. The summed E-state index contributed by atoms with van der Waals surface area (Å²) in [5.74, 6) is -0.787. The van der Waals surface area contributed by atoms with E-state index in [0.29, 0.717) is 0 Å². The third kappa shape index (κ3) is 2.25. The van der Waals surface area contributed by atoms with E-state index in [0.717, 1.165) is 12.1 Å². The zero-order valence-corrected chi connectivity index (χ0v) is 9.37. The zero-order chi connectivity index (χ0) is 12.5. The second-order valence-corrected chi connectivity index (χ2v) is 4.56. The highest BCUT2D eigenvalue weighted by molar-refractivity contribution is 5.57. The molecule has 0 amide bonds. The van der Waals surface area contributed by atoms with E-state index in [1.165, 1.54) is 0 Å². The molecule has 1 aromatic carbocycles. The second-order valence-electron chi connectivity index (χ2n) is 4.56. The van der Waals surface area contributed by atoms with E-state index in [4.69, 9.17) is 16.6 Å². The van der Waals surface area contributed by atoms with Crippen molar-refractivity contribution in [3.63, 3.8) is 0 Å². The largest absolute Gasteiger partial charge is 0.505 e. The number of aliphatic hydroxyl groups excluding tert-OH is 1. The van der Waals surface area contributed by atoms with Crippen molar-refractivity contribution in [3.8, 4) is 5.75 Å². The number of phenolic OH excluding ortho intramolecular Hbond substituents is 1. The summed E-state index contributed by atoms with van der Waals surface area (Å²) in [5, 5.41) is 18.9. The molecule has 0 aliphatic rings. The predicted molar refractivity (Wildman–Crippen MR) is 60.3 cm³/mol. The molecule has 1 aromatic rings. The van der Waals surface area contributed by atoms with Crippen molar-refractivity contribution in [2.24, 2.45) is 11.1 Å². The number of aromatic hydroxyl groups is 1. The highest BCUT2D eigenvalue weighted by atomic mass is 19.1. The van der Waals surface area contributed by atoms with E-state index < -0.39 is 17.3 Å². The SMILES string of the molecule is CC(C)(CO)[C@H](N)c1cc(F)cc(N)c1O. The number of rotatable bonds is 3. The van der Waals surface area contributed by atoms with Gasteiger partial charge in [-0.2, -0.15) is 0 Å². The summed E-state index contributed by atoms with van der Waals surface area (Å²) in [6.45, 7) is 3.26. The van der Waals surface area contributed by atoms with Crippen LogP contribution in [0, 0.1) is 11.2 Å². The summed E-state index contributed by atoms with van der Waals surface area (Å²) in [6.07, 6.45) is 0. The Morgan fingerprint density at radius 2 is 2.00 bits per heavy atom. The van der Waals surface area contributed by atoms with Crippen molar-refractivity contribution >= 4 is 5.69 Å². The number of nitrogen functional groups attached to an aromatic ring is 1. The third-order valence-electron chi connectivity index (χ3n) is 2.72. The number of halogens is 1. The normalized spacial score (nSPS) is 13.8. The van der Waals surface area contributed by atoms with Crippen LogP contribution in [0.3, 0.4) is 0 Å². The van der Waals surface area contributed by atoms with E-state index in [1.54, 1.807) is 13.8 Å². The number of anilines is 1. The first-order valence-corrected chi connectivity index (χ1v) is 4.94. The Kier molecular flexibility index (Phi) is 3.40. The standard InChI is InChI=1S/C11H17FN2O2/c1-11(2,5-15)10(14)7-3-6(12)4-8(13)9(7)16/h3-4,10,15-16H,5,13-14H2,1-2H3/t10-/m1/s1. The first kappa shape index (κ1) is 12.7. The Hall–Kier alpha value is -1.33. The van der Waals surface area contributed by atoms with Crippen LogP contribution < -0.4 is 11.5 Å². The molecule has 0 radical (unpaired) electrons. The van der Waals surface area contributed by atoms with Crippen molar-refractivity contribution in [1.29, 1.82) is 0 Å². The summed E-state index contributed by atoms with van der Waals surface area (Å²) < 4.78 is 13.2. The van der Waals surface area contributed by atoms with Gasteiger partial charge in [-0.15, -0.1) is 0 Å². The highest BCUT2D eigenvalue weighted by Crippen LogP contribution is 2.38.